The molecule has 0 radical (unpaired) electrons. The molecule has 5 nitrogen and oxygen atoms in total. The van der Waals surface area contributed by atoms with Gasteiger partial charge in [0.2, 0.25) is 0 Å². The van der Waals surface area contributed by atoms with Gasteiger partial charge in [0.05, 0.1) is 11.8 Å². The lowest BCUT2D eigenvalue weighted by molar-refractivity contribution is 0.583. The Balaban J connectivity index is 3.23. The zero-order valence-electron chi connectivity index (χ0n) is 10.5. The van der Waals surface area contributed by atoms with Crippen molar-refractivity contribution in [2.24, 2.45) is 0 Å². The van der Waals surface area contributed by atoms with Crippen LogP contribution in [0.3, 0.4) is 0 Å². The predicted molar refractivity (Wildman–Crippen MR) is 72.5 cm³/mol. The molecule has 0 amide bonds. The Morgan fingerprint density at radius 3 is 2.56 bits per heavy atom. The third-order valence-corrected chi connectivity index (χ3v) is 4.87. The normalized spacial score (nSPS) is 12.7. The van der Waals surface area contributed by atoms with Crippen LogP contribution >= 0.6 is 0 Å². The highest BCUT2D eigenvalue weighted by atomic mass is 32.2. The molecule has 2 N–H and O–H groups in total. The van der Waals surface area contributed by atoms with Gasteiger partial charge in [-0.1, -0.05) is 13.0 Å². The van der Waals surface area contributed by atoms with Crippen LogP contribution in [0.4, 0.5) is 11.4 Å². The lowest BCUT2D eigenvalue weighted by Gasteiger charge is -2.25. The fourth-order valence-electron chi connectivity index (χ4n) is 1.71. The molecule has 6 heteroatoms. The lowest BCUT2D eigenvalue weighted by atomic mass is 10.3. The van der Waals surface area contributed by atoms with E-state index in [1.807, 2.05) is 6.07 Å². The number of nitrogen functional groups attached to an aromatic ring is 1. The molecule has 18 heavy (non-hydrogen) atoms. The standard InChI is InChI=1S/C12H17N3O2S/c1-3-12(9-13)18(16,17)15(4-2)11-7-5-6-10(14)8-11/h5-8,12H,3-4,14H2,1-2H3. The molecule has 1 unspecified atom stereocenters. The van der Waals surface area contributed by atoms with Gasteiger partial charge in [0.1, 0.15) is 0 Å². The van der Waals surface area contributed by atoms with Gasteiger partial charge in [-0.3, -0.25) is 4.31 Å². The minimum atomic E-state index is -3.67. The molecule has 0 aromatic heterocycles. The second kappa shape index (κ2) is 5.74. The second-order valence-electron chi connectivity index (χ2n) is 3.83. The van der Waals surface area contributed by atoms with Gasteiger partial charge in [0, 0.05) is 12.2 Å². The molecule has 0 fully saturated rings. The van der Waals surface area contributed by atoms with Crippen LogP contribution in [0.5, 0.6) is 0 Å². The molecule has 0 aliphatic carbocycles. The summed E-state index contributed by atoms with van der Waals surface area (Å²) in [4.78, 5) is 0. The largest absolute Gasteiger partial charge is 0.399 e. The summed E-state index contributed by atoms with van der Waals surface area (Å²) in [5.41, 5.74) is 6.63. The maximum Gasteiger partial charge on any atom is 0.251 e. The number of benzene rings is 1. The van der Waals surface area contributed by atoms with Crippen LogP contribution in [0, 0.1) is 11.3 Å². The van der Waals surface area contributed by atoms with Crippen molar-refractivity contribution in [3.05, 3.63) is 24.3 Å². The van der Waals surface area contributed by atoms with E-state index in [1.54, 1.807) is 38.1 Å². The summed E-state index contributed by atoms with van der Waals surface area (Å²) in [5, 5.41) is 7.90. The molecule has 1 aromatic carbocycles. The second-order valence-corrected chi connectivity index (χ2v) is 5.87. The quantitative estimate of drug-likeness (QED) is 0.823. The van der Waals surface area contributed by atoms with Gasteiger partial charge in [0.25, 0.3) is 10.0 Å². The first-order chi connectivity index (χ1) is 8.47. The number of nitrogens with zero attached hydrogens (tertiary/aromatic N) is 2. The minimum absolute atomic E-state index is 0.262. The molecule has 0 aliphatic rings. The maximum atomic E-state index is 12.3. The number of nitrogens with two attached hydrogens (primary N) is 1. The summed E-state index contributed by atoms with van der Waals surface area (Å²) in [6, 6.07) is 8.46. The highest BCUT2D eigenvalue weighted by Gasteiger charge is 2.30. The van der Waals surface area contributed by atoms with Crippen LogP contribution in [0.1, 0.15) is 20.3 Å². The Morgan fingerprint density at radius 2 is 2.11 bits per heavy atom. The highest BCUT2D eigenvalue weighted by molar-refractivity contribution is 7.93. The zero-order chi connectivity index (χ0) is 13.8. The Labute approximate surface area is 108 Å². The first-order valence-corrected chi connectivity index (χ1v) is 7.24. The maximum absolute atomic E-state index is 12.3. The number of rotatable bonds is 5. The summed E-state index contributed by atoms with van der Waals surface area (Å²) in [6.45, 7) is 3.67. The van der Waals surface area contributed by atoms with Gasteiger partial charge in [0.15, 0.2) is 5.25 Å². The summed E-state index contributed by atoms with van der Waals surface area (Å²) < 4.78 is 25.8. The zero-order valence-corrected chi connectivity index (χ0v) is 11.3. The fraction of sp³-hybridized carbons (Fsp3) is 0.417. The number of anilines is 2. The molecule has 0 spiro atoms. The number of hydrogen-bond donors (Lipinski definition) is 1. The van der Waals surface area contributed by atoms with E-state index in [0.717, 1.165) is 0 Å². The van der Waals surface area contributed by atoms with Crippen molar-refractivity contribution in [3.8, 4) is 6.07 Å². The SMILES string of the molecule is CCC(C#N)S(=O)(=O)N(CC)c1cccc(N)c1. The first-order valence-electron chi connectivity index (χ1n) is 5.74. The van der Waals surface area contributed by atoms with Crippen molar-refractivity contribution in [1.82, 2.24) is 0 Å². The van der Waals surface area contributed by atoms with Crippen molar-refractivity contribution in [3.63, 3.8) is 0 Å². The summed E-state index contributed by atoms with van der Waals surface area (Å²) in [5.74, 6) is 0. The van der Waals surface area contributed by atoms with Crippen molar-refractivity contribution < 1.29 is 8.42 Å². The fourth-order valence-corrected chi connectivity index (χ4v) is 3.34. The summed E-state index contributed by atoms with van der Waals surface area (Å²) >= 11 is 0. The molecule has 0 aliphatic heterocycles. The van der Waals surface area contributed by atoms with E-state index < -0.39 is 15.3 Å². The summed E-state index contributed by atoms with van der Waals surface area (Å²) in [7, 11) is -3.67. The van der Waals surface area contributed by atoms with Crippen molar-refractivity contribution >= 4 is 21.4 Å². The number of hydrogen-bond acceptors (Lipinski definition) is 4. The van der Waals surface area contributed by atoms with Gasteiger partial charge in [-0.15, -0.1) is 0 Å². The number of sulfonamides is 1. The predicted octanol–water partition coefficient (Wildman–Crippen LogP) is 1.73. The van der Waals surface area contributed by atoms with Crippen LogP contribution in [-0.2, 0) is 10.0 Å². The number of nitriles is 1. The van der Waals surface area contributed by atoms with Crippen molar-refractivity contribution in [2.75, 3.05) is 16.6 Å². The molecular weight excluding hydrogens is 250 g/mol. The van der Waals surface area contributed by atoms with Crippen LogP contribution < -0.4 is 10.0 Å². The molecule has 0 saturated carbocycles. The molecule has 1 rings (SSSR count). The van der Waals surface area contributed by atoms with Crippen LogP contribution in [0.15, 0.2) is 24.3 Å². The molecular formula is C12H17N3O2S. The molecule has 0 heterocycles. The smallest absolute Gasteiger partial charge is 0.251 e. The van der Waals surface area contributed by atoms with E-state index >= 15 is 0 Å². The van der Waals surface area contributed by atoms with E-state index in [2.05, 4.69) is 0 Å². The third kappa shape index (κ3) is 2.74. The summed E-state index contributed by atoms with van der Waals surface area (Å²) in [6.07, 6.45) is 0.262. The van der Waals surface area contributed by atoms with Crippen molar-refractivity contribution in [2.45, 2.75) is 25.5 Å². The van der Waals surface area contributed by atoms with Gasteiger partial charge in [-0.05, 0) is 31.5 Å². The van der Waals surface area contributed by atoms with Crippen LogP contribution in [0.25, 0.3) is 0 Å². The minimum Gasteiger partial charge on any atom is -0.399 e. The van der Waals surface area contributed by atoms with Gasteiger partial charge < -0.3 is 5.73 Å². The third-order valence-electron chi connectivity index (χ3n) is 2.63. The average Bonchev–Trinajstić information content (AvgIpc) is 2.30. The van der Waals surface area contributed by atoms with Gasteiger partial charge >= 0.3 is 0 Å². The van der Waals surface area contributed by atoms with E-state index in [4.69, 9.17) is 11.0 Å². The van der Waals surface area contributed by atoms with Gasteiger partial charge in [-0.25, -0.2) is 8.42 Å². The van der Waals surface area contributed by atoms with E-state index in [1.165, 1.54) is 4.31 Å². The van der Waals surface area contributed by atoms with Crippen molar-refractivity contribution in [1.29, 1.82) is 5.26 Å². The molecule has 0 bridgehead atoms. The highest BCUT2D eigenvalue weighted by Crippen LogP contribution is 2.23. The van der Waals surface area contributed by atoms with E-state index in [0.29, 0.717) is 11.4 Å². The molecule has 0 saturated heterocycles. The molecule has 1 aromatic rings. The lowest BCUT2D eigenvalue weighted by Crippen LogP contribution is -2.38. The Kier molecular flexibility index (Phi) is 4.56. The average molecular weight is 267 g/mol. The Bertz CT molecular complexity index is 549. The Hall–Kier alpha value is -1.74. The monoisotopic (exact) mass is 267 g/mol. The van der Waals surface area contributed by atoms with Gasteiger partial charge in [-0.2, -0.15) is 5.26 Å². The molecule has 1 atom stereocenters. The van der Waals surface area contributed by atoms with Crippen LogP contribution in [-0.4, -0.2) is 20.2 Å². The van der Waals surface area contributed by atoms with Crippen LogP contribution in [0.2, 0.25) is 0 Å². The molecule has 98 valence electrons. The Morgan fingerprint density at radius 1 is 1.44 bits per heavy atom. The topological polar surface area (TPSA) is 87.2 Å². The first kappa shape index (κ1) is 14.3. The van der Waals surface area contributed by atoms with E-state index in [-0.39, 0.29) is 13.0 Å². The van der Waals surface area contributed by atoms with E-state index in [9.17, 15) is 8.42 Å².